The lowest BCUT2D eigenvalue weighted by Gasteiger charge is -2.20. The van der Waals surface area contributed by atoms with E-state index in [0.29, 0.717) is 24.0 Å². The molecule has 0 fully saturated rings. The molecule has 0 aliphatic heterocycles. The van der Waals surface area contributed by atoms with Crippen LogP contribution in [0.25, 0.3) is 22.3 Å². The first-order valence-corrected chi connectivity index (χ1v) is 9.60. The first-order chi connectivity index (χ1) is 13.8. The number of nitrogens with one attached hydrogen (secondary N) is 1. The van der Waals surface area contributed by atoms with Gasteiger partial charge in [-0.2, -0.15) is 4.98 Å². The summed E-state index contributed by atoms with van der Waals surface area (Å²) in [6, 6.07) is 14.0. The van der Waals surface area contributed by atoms with E-state index >= 15 is 0 Å². The Morgan fingerprint density at radius 2 is 1.90 bits per heavy atom. The average molecular weight is 387 g/mol. The fourth-order valence-corrected chi connectivity index (χ4v) is 3.28. The van der Waals surface area contributed by atoms with Gasteiger partial charge in [0.1, 0.15) is 5.82 Å². The number of fused-ring (bicyclic) bond motifs is 1. The highest BCUT2D eigenvalue weighted by atomic mass is 15.4. The van der Waals surface area contributed by atoms with Crippen molar-refractivity contribution in [2.24, 2.45) is 0 Å². The van der Waals surface area contributed by atoms with E-state index in [1.165, 1.54) is 0 Å². The Labute approximate surface area is 170 Å². The summed E-state index contributed by atoms with van der Waals surface area (Å²) in [6.45, 7) is 8.78. The summed E-state index contributed by atoms with van der Waals surface area (Å²) in [5.41, 5.74) is 10.6. The van der Waals surface area contributed by atoms with E-state index in [-0.39, 0.29) is 5.54 Å². The molecule has 0 aliphatic carbocycles. The van der Waals surface area contributed by atoms with Crippen LogP contribution in [-0.2, 0) is 12.1 Å². The molecule has 3 aromatic heterocycles. The van der Waals surface area contributed by atoms with Gasteiger partial charge in [-0.3, -0.25) is 4.98 Å². The van der Waals surface area contributed by atoms with Crippen LogP contribution in [0, 0.1) is 6.92 Å². The second-order valence-corrected chi connectivity index (χ2v) is 8.11. The topological polar surface area (TPSA) is 94.5 Å². The molecule has 0 atom stereocenters. The zero-order valence-corrected chi connectivity index (χ0v) is 17.1. The molecular weight excluding hydrogens is 362 g/mol. The van der Waals surface area contributed by atoms with Crippen molar-refractivity contribution in [3.8, 4) is 11.3 Å². The number of hydrogen-bond donors (Lipinski definition) is 2. The van der Waals surface area contributed by atoms with Crippen molar-refractivity contribution in [3.05, 3.63) is 59.9 Å². The highest BCUT2D eigenvalue weighted by Gasteiger charge is 2.24. The Morgan fingerprint density at radius 1 is 1.07 bits per heavy atom. The number of aromatic nitrogens is 5. The van der Waals surface area contributed by atoms with E-state index in [1.807, 2.05) is 35.0 Å². The van der Waals surface area contributed by atoms with E-state index < -0.39 is 0 Å². The summed E-state index contributed by atoms with van der Waals surface area (Å²) < 4.78 is 1.81. The second kappa shape index (κ2) is 7.16. The zero-order chi connectivity index (χ0) is 20.6. The normalized spacial score (nSPS) is 11.7. The van der Waals surface area contributed by atoms with Crippen LogP contribution in [0.1, 0.15) is 32.0 Å². The van der Waals surface area contributed by atoms with Crippen molar-refractivity contribution in [3.63, 3.8) is 0 Å². The maximum absolute atomic E-state index is 6.51. The Morgan fingerprint density at radius 3 is 2.59 bits per heavy atom. The van der Waals surface area contributed by atoms with Gasteiger partial charge in [0.05, 0.1) is 28.9 Å². The summed E-state index contributed by atoms with van der Waals surface area (Å²) in [5.74, 6) is 1.07. The molecule has 0 spiro atoms. The van der Waals surface area contributed by atoms with Gasteiger partial charge in [0.15, 0.2) is 5.65 Å². The Balaban J connectivity index is 1.86. The van der Waals surface area contributed by atoms with Crippen LogP contribution in [0.3, 0.4) is 0 Å². The monoisotopic (exact) mass is 387 g/mol. The number of benzene rings is 1. The van der Waals surface area contributed by atoms with Crippen LogP contribution in [0.4, 0.5) is 11.8 Å². The minimum absolute atomic E-state index is 0.268. The summed E-state index contributed by atoms with van der Waals surface area (Å²) in [4.78, 5) is 13.8. The van der Waals surface area contributed by atoms with E-state index in [4.69, 9.17) is 15.8 Å². The molecule has 3 heterocycles. The third-order valence-electron chi connectivity index (χ3n) is 4.65. The van der Waals surface area contributed by atoms with Crippen molar-refractivity contribution in [2.75, 3.05) is 11.1 Å². The molecular formula is C22H25N7. The van der Waals surface area contributed by atoms with Gasteiger partial charge in [-0.15, -0.1) is 5.10 Å². The number of nitrogen functional groups attached to an aromatic ring is 1. The highest BCUT2D eigenvalue weighted by Crippen LogP contribution is 2.34. The largest absolute Gasteiger partial charge is 0.383 e. The van der Waals surface area contributed by atoms with Crippen molar-refractivity contribution >= 4 is 22.8 Å². The zero-order valence-electron chi connectivity index (χ0n) is 17.1. The van der Waals surface area contributed by atoms with Crippen LogP contribution < -0.4 is 11.1 Å². The smallest absolute Gasteiger partial charge is 0.225 e. The van der Waals surface area contributed by atoms with Crippen molar-refractivity contribution in [2.45, 2.75) is 39.8 Å². The number of aryl methyl sites for hydroxylation is 1. The molecule has 7 nitrogen and oxygen atoms in total. The van der Waals surface area contributed by atoms with Gasteiger partial charge in [-0.25, -0.2) is 9.67 Å². The van der Waals surface area contributed by atoms with E-state index in [1.54, 1.807) is 6.20 Å². The minimum Gasteiger partial charge on any atom is -0.383 e. The summed E-state index contributed by atoms with van der Waals surface area (Å²) in [7, 11) is 0. The quantitative estimate of drug-likeness (QED) is 0.546. The number of pyridine rings is 1. The number of rotatable bonds is 4. The van der Waals surface area contributed by atoms with Crippen molar-refractivity contribution < 1.29 is 0 Å². The number of hydrogen-bond acceptors (Lipinski definition) is 6. The molecule has 0 bridgehead atoms. The van der Waals surface area contributed by atoms with Gasteiger partial charge in [0, 0.05) is 11.8 Å². The van der Waals surface area contributed by atoms with Crippen molar-refractivity contribution in [1.29, 1.82) is 0 Å². The van der Waals surface area contributed by atoms with Crippen LogP contribution in [0.2, 0.25) is 0 Å². The van der Waals surface area contributed by atoms with E-state index in [0.717, 1.165) is 27.9 Å². The van der Waals surface area contributed by atoms with Crippen molar-refractivity contribution in [1.82, 2.24) is 24.7 Å². The van der Waals surface area contributed by atoms with Gasteiger partial charge >= 0.3 is 0 Å². The molecule has 0 saturated heterocycles. The molecule has 0 unspecified atom stereocenters. The first-order valence-electron chi connectivity index (χ1n) is 9.60. The SMILES string of the molecule is Cc1cccc(-c2nc(NCc3ccccn3)nc3nn(C(C)(C)C)c(N)c23)c1. The fraction of sp³-hybridized carbons (Fsp3) is 0.273. The average Bonchev–Trinajstić information content (AvgIpc) is 3.04. The van der Waals surface area contributed by atoms with Crippen LogP contribution in [0.15, 0.2) is 48.7 Å². The molecule has 0 amide bonds. The van der Waals surface area contributed by atoms with Gasteiger partial charge in [0.25, 0.3) is 0 Å². The molecule has 148 valence electrons. The van der Waals surface area contributed by atoms with E-state index in [2.05, 4.69) is 55.1 Å². The van der Waals surface area contributed by atoms with Gasteiger partial charge in [-0.1, -0.05) is 29.8 Å². The van der Waals surface area contributed by atoms with Gasteiger partial charge < -0.3 is 11.1 Å². The molecule has 4 aromatic rings. The lowest BCUT2D eigenvalue weighted by molar-refractivity contribution is 0.364. The molecule has 29 heavy (non-hydrogen) atoms. The molecule has 0 aliphatic rings. The fourth-order valence-electron chi connectivity index (χ4n) is 3.28. The Bertz CT molecular complexity index is 1160. The van der Waals surface area contributed by atoms with Gasteiger partial charge in [-0.05, 0) is 45.9 Å². The van der Waals surface area contributed by atoms with Crippen LogP contribution >= 0.6 is 0 Å². The third kappa shape index (κ3) is 3.76. The Kier molecular flexibility index (Phi) is 4.66. The predicted octanol–water partition coefficient (Wildman–Crippen LogP) is 4.15. The van der Waals surface area contributed by atoms with Crippen LogP contribution in [-0.4, -0.2) is 24.7 Å². The summed E-state index contributed by atoms with van der Waals surface area (Å²) >= 11 is 0. The Hall–Kier alpha value is -3.48. The molecule has 4 rings (SSSR count). The summed E-state index contributed by atoms with van der Waals surface area (Å²) in [6.07, 6.45) is 1.77. The lowest BCUT2D eigenvalue weighted by atomic mass is 10.1. The number of nitrogens with zero attached hydrogens (tertiary/aromatic N) is 5. The molecule has 0 saturated carbocycles. The highest BCUT2D eigenvalue weighted by molar-refractivity contribution is 5.99. The molecule has 1 aromatic carbocycles. The predicted molar refractivity (Wildman–Crippen MR) is 116 cm³/mol. The lowest BCUT2D eigenvalue weighted by Crippen LogP contribution is -2.24. The van der Waals surface area contributed by atoms with Gasteiger partial charge in [0.2, 0.25) is 5.95 Å². The molecule has 0 radical (unpaired) electrons. The maximum atomic E-state index is 6.51. The standard InChI is InChI=1S/C22H25N7/c1-14-8-7-9-15(12-14)18-17-19(23)29(22(2,3)4)28-20(17)27-21(26-18)25-13-16-10-5-6-11-24-16/h5-12H,13,23H2,1-4H3,(H,25,27,28). The molecule has 7 heteroatoms. The third-order valence-corrected chi connectivity index (χ3v) is 4.65. The first kappa shape index (κ1) is 18.9. The second-order valence-electron chi connectivity index (χ2n) is 8.11. The minimum atomic E-state index is -0.268. The number of nitrogens with two attached hydrogens (primary N) is 1. The van der Waals surface area contributed by atoms with E-state index in [9.17, 15) is 0 Å². The van der Waals surface area contributed by atoms with Crippen LogP contribution in [0.5, 0.6) is 0 Å². The maximum Gasteiger partial charge on any atom is 0.225 e. The number of anilines is 2. The molecule has 3 N–H and O–H groups in total. The summed E-state index contributed by atoms with van der Waals surface area (Å²) in [5, 5.41) is 8.74.